The second-order valence-corrected chi connectivity index (χ2v) is 6.34. The van der Waals surface area contributed by atoms with Crippen molar-refractivity contribution in [3.8, 4) is 0 Å². The van der Waals surface area contributed by atoms with Gasteiger partial charge < -0.3 is 10.6 Å². The molecule has 3 nitrogen and oxygen atoms in total. The highest BCUT2D eigenvalue weighted by Crippen LogP contribution is 2.38. The maximum Gasteiger partial charge on any atom is 0.254 e. The molecule has 120 valence electrons. The minimum Gasteiger partial charge on any atom is -0.399 e. The number of nitrogens with two attached hydrogens (primary N) is 1. The molecule has 23 heavy (non-hydrogen) atoms. The van der Waals surface area contributed by atoms with Crippen LogP contribution in [-0.2, 0) is 0 Å². The van der Waals surface area contributed by atoms with Gasteiger partial charge in [0.05, 0.1) is 6.04 Å². The van der Waals surface area contributed by atoms with Crippen molar-refractivity contribution >= 4 is 11.6 Å². The fourth-order valence-corrected chi connectivity index (χ4v) is 3.40. The number of hydrogen-bond acceptors (Lipinski definition) is 2. The van der Waals surface area contributed by atoms with Crippen LogP contribution < -0.4 is 5.73 Å². The summed E-state index contributed by atoms with van der Waals surface area (Å²) in [4.78, 5) is 14.9. The molecule has 0 saturated carbocycles. The standard InChI is InChI=1S/C19H21FN2O/c1-12-6-7-16(21)11-17(12)19(23)22-9-8-13(2)18(22)14-4-3-5-15(20)10-14/h3-7,10-11,13,18H,8-9,21H2,1-2H3. The molecule has 0 aromatic heterocycles. The van der Waals surface area contributed by atoms with Gasteiger partial charge in [-0.25, -0.2) is 4.39 Å². The molecule has 1 aliphatic heterocycles. The van der Waals surface area contributed by atoms with Crippen molar-refractivity contribution < 1.29 is 9.18 Å². The number of anilines is 1. The van der Waals surface area contributed by atoms with Crippen LogP contribution in [0.2, 0.25) is 0 Å². The van der Waals surface area contributed by atoms with Gasteiger partial charge in [0.2, 0.25) is 0 Å². The average Bonchev–Trinajstić information content (AvgIpc) is 2.90. The van der Waals surface area contributed by atoms with Crippen LogP contribution in [0.3, 0.4) is 0 Å². The lowest BCUT2D eigenvalue weighted by Crippen LogP contribution is -2.32. The highest BCUT2D eigenvalue weighted by Gasteiger charge is 2.36. The van der Waals surface area contributed by atoms with Crippen LogP contribution in [-0.4, -0.2) is 17.4 Å². The highest BCUT2D eigenvalue weighted by atomic mass is 19.1. The van der Waals surface area contributed by atoms with Crippen molar-refractivity contribution in [3.63, 3.8) is 0 Å². The van der Waals surface area contributed by atoms with Crippen LogP contribution in [0.1, 0.15) is 40.9 Å². The van der Waals surface area contributed by atoms with E-state index in [0.29, 0.717) is 23.7 Å². The fourth-order valence-electron chi connectivity index (χ4n) is 3.40. The molecule has 0 radical (unpaired) electrons. The Bertz CT molecular complexity index is 744. The number of likely N-dealkylation sites (tertiary alicyclic amines) is 1. The van der Waals surface area contributed by atoms with E-state index in [9.17, 15) is 9.18 Å². The molecule has 1 heterocycles. The van der Waals surface area contributed by atoms with Crippen LogP contribution in [0, 0.1) is 18.7 Å². The summed E-state index contributed by atoms with van der Waals surface area (Å²) in [6.07, 6.45) is 0.911. The normalized spacial score (nSPS) is 20.7. The Balaban J connectivity index is 1.97. The van der Waals surface area contributed by atoms with E-state index in [0.717, 1.165) is 17.5 Å². The molecular formula is C19H21FN2O. The number of halogens is 1. The van der Waals surface area contributed by atoms with E-state index in [4.69, 9.17) is 5.73 Å². The lowest BCUT2D eigenvalue weighted by atomic mass is 9.95. The molecule has 1 saturated heterocycles. The first-order chi connectivity index (χ1) is 11.0. The van der Waals surface area contributed by atoms with Gasteiger partial charge in [0, 0.05) is 17.8 Å². The number of amides is 1. The molecule has 1 amide bonds. The summed E-state index contributed by atoms with van der Waals surface area (Å²) in [7, 11) is 0. The predicted octanol–water partition coefficient (Wildman–Crippen LogP) is 3.94. The molecule has 0 aliphatic carbocycles. The Kier molecular flexibility index (Phi) is 4.07. The van der Waals surface area contributed by atoms with Gasteiger partial charge in [0.1, 0.15) is 5.82 Å². The van der Waals surface area contributed by atoms with Crippen molar-refractivity contribution in [1.82, 2.24) is 4.90 Å². The average molecular weight is 312 g/mol. The van der Waals surface area contributed by atoms with Crippen molar-refractivity contribution in [2.24, 2.45) is 5.92 Å². The maximum atomic E-state index is 13.6. The summed E-state index contributed by atoms with van der Waals surface area (Å²) in [6, 6.07) is 11.8. The van der Waals surface area contributed by atoms with E-state index in [1.54, 1.807) is 18.2 Å². The zero-order chi connectivity index (χ0) is 16.6. The highest BCUT2D eigenvalue weighted by molar-refractivity contribution is 5.97. The van der Waals surface area contributed by atoms with Gasteiger partial charge in [-0.15, -0.1) is 0 Å². The van der Waals surface area contributed by atoms with Gasteiger partial charge in [-0.1, -0.05) is 25.1 Å². The number of nitrogen functional groups attached to an aromatic ring is 1. The second-order valence-electron chi connectivity index (χ2n) is 6.34. The monoisotopic (exact) mass is 312 g/mol. The number of carbonyl (C=O) groups excluding carboxylic acids is 1. The third-order valence-electron chi connectivity index (χ3n) is 4.64. The SMILES string of the molecule is Cc1ccc(N)cc1C(=O)N1CCC(C)C1c1cccc(F)c1. The molecule has 2 unspecified atom stereocenters. The minimum absolute atomic E-state index is 0.0339. The quantitative estimate of drug-likeness (QED) is 0.854. The van der Waals surface area contributed by atoms with E-state index >= 15 is 0 Å². The number of nitrogens with zero attached hydrogens (tertiary/aromatic N) is 1. The van der Waals surface area contributed by atoms with Crippen molar-refractivity contribution in [2.45, 2.75) is 26.3 Å². The molecule has 2 N–H and O–H groups in total. The zero-order valence-corrected chi connectivity index (χ0v) is 13.4. The van der Waals surface area contributed by atoms with Gasteiger partial charge in [0.15, 0.2) is 0 Å². The van der Waals surface area contributed by atoms with E-state index < -0.39 is 0 Å². The summed E-state index contributed by atoms with van der Waals surface area (Å²) in [5.74, 6) is -0.00957. The molecule has 0 spiro atoms. The lowest BCUT2D eigenvalue weighted by molar-refractivity contribution is 0.0719. The minimum atomic E-state index is -0.269. The first-order valence-electron chi connectivity index (χ1n) is 7.90. The van der Waals surface area contributed by atoms with E-state index in [1.807, 2.05) is 24.0 Å². The Morgan fingerprint density at radius 1 is 1.26 bits per heavy atom. The summed E-state index contributed by atoms with van der Waals surface area (Å²) in [5, 5.41) is 0. The summed E-state index contributed by atoms with van der Waals surface area (Å²) < 4.78 is 13.6. The number of hydrogen-bond donors (Lipinski definition) is 1. The van der Waals surface area contributed by atoms with Crippen LogP contribution in [0.25, 0.3) is 0 Å². The van der Waals surface area contributed by atoms with Crippen molar-refractivity contribution in [1.29, 1.82) is 0 Å². The van der Waals surface area contributed by atoms with Crippen molar-refractivity contribution in [3.05, 3.63) is 65.0 Å². The first-order valence-corrected chi connectivity index (χ1v) is 7.90. The summed E-state index contributed by atoms with van der Waals surface area (Å²) in [6.45, 7) is 4.69. The van der Waals surface area contributed by atoms with Crippen LogP contribution >= 0.6 is 0 Å². The second kappa shape index (κ2) is 6.03. The molecule has 1 fully saturated rings. The third-order valence-corrected chi connectivity index (χ3v) is 4.64. The predicted molar refractivity (Wildman–Crippen MR) is 89.5 cm³/mol. The Hall–Kier alpha value is -2.36. The van der Waals surface area contributed by atoms with E-state index in [2.05, 4.69) is 6.92 Å². The van der Waals surface area contributed by atoms with Gasteiger partial charge in [-0.3, -0.25) is 4.79 Å². The fraction of sp³-hybridized carbons (Fsp3) is 0.316. The summed E-state index contributed by atoms with van der Waals surface area (Å²) in [5.41, 5.74) is 8.80. The maximum absolute atomic E-state index is 13.6. The smallest absolute Gasteiger partial charge is 0.254 e. The molecule has 0 bridgehead atoms. The van der Waals surface area contributed by atoms with Crippen LogP contribution in [0.4, 0.5) is 10.1 Å². The topological polar surface area (TPSA) is 46.3 Å². The molecule has 2 atom stereocenters. The van der Waals surface area contributed by atoms with Gasteiger partial charge >= 0.3 is 0 Å². The zero-order valence-electron chi connectivity index (χ0n) is 13.4. The van der Waals surface area contributed by atoms with Gasteiger partial charge in [-0.2, -0.15) is 0 Å². The number of carbonyl (C=O) groups is 1. The first kappa shape index (κ1) is 15.5. The lowest BCUT2D eigenvalue weighted by Gasteiger charge is -2.28. The molecular weight excluding hydrogens is 291 g/mol. The van der Waals surface area contributed by atoms with Crippen LogP contribution in [0.15, 0.2) is 42.5 Å². The summed E-state index contributed by atoms with van der Waals surface area (Å²) >= 11 is 0. The largest absolute Gasteiger partial charge is 0.399 e. The van der Waals surface area contributed by atoms with E-state index in [-0.39, 0.29) is 17.8 Å². The van der Waals surface area contributed by atoms with Gasteiger partial charge in [-0.05, 0) is 54.7 Å². The number of benzene rings is 2. The van der Waals surface area contributed by atoms with Gasteiger partial charge in [0.25, 0.3) is 5.91 Å². The Morgan fingerprint density at radius 3 is 2.78 bits per heavy atom. The Labute approximate surface area is 135 Å². The van der Waals surface area contributed by atoms with E-state index in [1.165, 1.54) is 12.1 Å². The number of rotatable bonds is 2. The molecule has 2 aromatic carbocycles. The van der Waals surface area contributed by atoms with Crippen LogP contribution in [0.5, 0.6) is 0 Å². The third kappa shape index (κ3) is 2.93. The molecule has 2 aromatic rings. The van der Waals surface area contributed by atoms with Crippen molar-refractivity contribution in [2.75, 3.05) is 12.3 Å². The number of aryl methyl sites for hydroxylation is 1. The molecule has 1 aliphatic rings. The Morgan fingerprint density at radius 2 is 2.04 bits per heavy atom. The molecule has 3 rings (SSSR count). The molecule has 4 heteroatoms.